The van der Waals surface area contributed by atoms with Crippen LogP contribution >= 0.6 is 0 Å². The first-order valence-corrected chi connectivity index (χ1v) is 14.2. The normalized spacial score (nSPS) is 32.4. The molecule has 2 N–H and O–H groups in total. The fraction of sp³-hybridized carbons (Fsp3) is 0.655. The summed E-state index contributed by atoms with van der Waals surface area (Å²) in [5, 5.41) is 22.1. The third-order valence-electron chi connectivity index (χ3n) is 9.66. The summed E-state index contributed by atoms with van der Waals surface area (Å²) in [4.78, 5) is 32.5. The number of carboxylic acid groups (broad SMARTS) is 1. The molecule has 6 rings (SSSR count). The molecule has 2 aromatic rings. The summed E-state index contributed by atoms with van der Waals surface area (Å²) < 4.78 is 1.89. The molecule has 4 aliphatic rings. The highest BCUT2D eigenvalue weighted by molar-refractivity contribution is 6.00. The number of rotatable bonds is 6. The Morgan fingerprint density at radius 2 is 1.57 bits per heavy atom. The second-order valence-corrected chi connectivity index (χ2v) is 11.9. The Hall–Kier alpha value is -2.74. The molecule has 4 fully saturated rings. The molecule has 3 heterocycles. The van der Waals surface area contributed by atoms with E-state index < -0.39 is 5.97 Å². The van der Waals surface area contributed by atoms with Crippen LogP contribution in [0.25, 0.3) is 11.0 Å². The van der Waals surface area contributed by atoms with Gasteiger partial charge in [-0.25, -0.2) is 4.98 Å². The van der Waals surface area contributed by atoms with Crippen LogP contribution < -0.4 is 5.56 Å². The van der Waals surface area contributed by atoms with Crippen LogP contribution in [-0.4, -0.2) is 54.6 Å². The molecule has 2 saturated heterocycles. The number of aliphatic carboxylic acids is 1. The van der Waals surface area contributed by atoms with Gasteiger partial charge in [0.1, 0.15) is 5.71 Å². The van der Waals surface area contributed by atoms with Crippen LogP contribution in [0, 0.1) is 11.8 Å². The monoisotopic (exact) mass is 506 g/mol. The summed E-state index contributed by atoms with van der Waals surface area (Å²) in [5.41, 5.74) is 1.30. The Balaban J connectivity index is 1.34. The molecule has 8 heteroatoms. The first-order chi connectivity index (χ1) is 18.0. The molecule has 1 aromatic carbocycles. The molecule has 2 saturated carbocycles. The van der Waals surface area contributed by atoms with E-state index in [0.29, 0.717) is 23.6 Å². The molecule has 0 amide bonds. The Kier molecular flexibility index (Phi) is 6.78. The van der Waals surface area contributed by atoms with E-state index in [2.05, 4.69) is 15.0 Å². The third-order valence-corrected chi connectivity index (χ3v) is 9.66. The fourth-order valence-corrected chi connectivity index (χ4v) is 8.28. The summed E-state index contributed by atoms with van der Waals surface area (Å²) in [6, 6.07) is 9.35. The fourth-order valence-electron chi connectivity index (χ4n) is 8.28. The second-order valence-electron chi connectivity index (χ2n) is 11.9. The van der Waals surface area contributed by atoms with Crippen LogP contribution in [0.5, 0.6) is 0 Å². The van der Waals surface area contributed by atoms with Crippen molar-refractivity contribution in [3.05, 3.63) is 40.3 Å². The molecular weight excluding hydrogens is 468 g/mol. The number of benzene rings is 1. The molecule has 4 unspecified atom stereocenters. The van der Waals surface area contributed by atoms with Crippen LogP contribution in [0.15, 0.2) is 34.2 Å². The van der Waals surface area contributed by atoms with Crippen molar-refractivity contribution >= 4 is 22.7 Å². The van der Waals surface area contributed by atoms with Gasteiger partial charge < -0.3 is 14.9 Å². The second kappa shape index (κ2) is 10.2. The topological polar surface area (TPSA) is 108 Å². The number of carboxylic acids is 1. The lowest BCUT2D eigenvalue weighted by Gasteiger charge is -2.55. The number of oxime groups is 1. The van der Waals surface area contributed by atoms with Gasteiger partial charge in [-0.05, 0) is 68.9 Å². The zero-order valence-corrected chi connectivity index (χ0v) is 21.5. The van der Waals surface area contributed by atoms with Gasteiger partial charge in [0.2, 0.25) is 0 Å². The zero-order valence-electron chi connectivity index (χ0n) is 21.5. The van der Waals surface area contributed by atoms with E-state index in [-0.39, 0.29) is 35.8 Å². The van der Waals surface area contributed by atoms with Crippen LogP contribution in [0.3, 0.4) is 0 Å². The van der Waals surface area contributed by atoms with Gasteiger partial charge in [0, 0.05) is 30.6 Å². The predicted molar refractivity (Wildman–Crippen MR) is 141 cm³/mol. The third kappa shape index (κ3) is 4.69. The highest BCUT2D eigenvalue weighted by Gasteiger charge is 2.45. The Bertz CT molecular complexity index is 1230. The maximum atomic E-state index is 13.9. The quantitative estimate of drug-likeness (QED) is 0.325. The first-order valence-electron chi connectivity index (χ1n) is 14.2. The van der Waals surface area contributed by atoms with Gasteiger partial charge in [0.15, 0.2) is 5.69 Å². The summed E-state index contributed by atoms with van der Waals surface area (Å²) >= 11 is 0. The van der Waals surface area contributed by atoms with Crippen molar-refractivity contribution in [1.29, 1.82) is 0 Å². The minimum atomic E-state index is -1.01. The molecule has 0 spiro atoms. The van der Waals surface area contributed by atoms with Crippen molar-refractivity contribution in [3.63, 3.8) is 0 Å². The van der Waals surface area contributed by atoms with Gasteiger partial charge in [0.25, 0.3) is 5.56 Å². The number of hydrogen-bond donors (Lipinski definition) is 2. The lowest BCUT2D eigenvalue weighted by Crippen LogP contribution is -2.58. The average Bonchev–Trinajstić information content (AvgIpc) is 2.88. The standard InChI is InChI=1S/C29H38N4O4/c34-27(35)12-11-25(31-37)28-29(36)33(26-10-2-1-9-24(26)30-28)23-16-20-7-4-8-21(17-23)32(20)22-14-18-5-3-6-19(13-18)15-22/h1-2,9-10,18-23,37H,3-8,11-17H2,(H,34,35)/b31-25+/t18?,19?,20-,21?,22?,23?/m1/s1. The maximum Gasteiger partial charge on any atom is 0.303 e. The van der Waals surface area contributed by atoms with Crippen molar-refractivity contribution in [2.45, 2.75) is 108 Å². The Morgan fingerprint density at radius 3 is 2.24 bits per heavy atom. The highest BCUT2D eigenvalue weighted by Crippen LogP contribution is 2.47. The Morgan fingerprint density at radius 1 is 0.892 bits per heavy atom. The van der Waals surface area contributed by atoms with E-state index in [0.717, 1.165) is 30.2 Å². The molecule has 0 radical (unpaired) electrons. The van der Waals surface area contributed by atoms with Crippen LogP contribution in [0.4, 0.5) is 0 Å². The first kappa shape index (κ1) is 24.6. The maximum absolute atomic E-state index is 13.9. The summed E-state index contributed by atoms with van der Waals surface area (Å²) in [6.45, 7) is 0. The van der Waals surface area contributed by atoms with Crippen molar-refractivity contribution in [2.75, 3.05) is 0 Å². The summed E-state index contributed by atoms with van der Waals surface area (Å²) in [7, 11) is 0. The molecule has 198 valence electrons. The molecule has 5 atom stereocenters. The van der Waals surface area contributed by atoms with Gasteiger partial charge in [-0.15, -0.1) is 0 Å². The van der Waals surface area contributed by atoms with E-state index in [1.165, 1.54) is 57.8 Å². The van der Waals surface area contributed by atoms with Crippen molar-refractivity contribution < 1.29 is 15.1 Å². The van der Waals surface area contributed by atoms with Crippen molar-refractivity contribution in [3.8, 4) is 0 Å². The van der Waals surface area contributed by atoms with Crippen molar-refractivity contribution in [2.24, 2.45) is 17.0 Å². The number of para-hydroxylation sites is 2. The van der Waals surface area contributed by atoms with Crippen LogP contribution in [-0.2, 0) is 4.79 Å². The van der Waals surface area contributed by atoms with Gasteiger partial charge in [-0.3, -0.25) is 14.5 Å². The lowest BCUT2D eigenvalue weighted by molar-refractivity contribution is -0.136. The van der Waals surface area contributed by atoms with Gasteiger partial charge >= 0.3 is 5.97 Å². The number of fused-ring (bicyclic) bond motifs is 5. The molecule has 4 bridgehead atoms. The van der Waals surface area contributed by atoms with E-state index in [1.54, 1.807) is 0 Å². The van der Waals surface area contributed by atoms with Crippen molar-refractivity contribution in [1.82, 2.24) is 14.5 Å². The zero-order chi connectivity index (χ0) is 25.5. The Labute approximate surface area is 217 Å². The molecule has 2 aliphatic carbocycles. The molecule has 1 aromatic heterocycles. The predicted octanol–water partition coefficient (Wildman–Crippen LogP) is 4.97. The molecule has 37 heavy (non-hydrogen) atoms. The average molecular weight is 507 g/mol. The van der Waals surface area contributed by atoms with Crippen LogP contribution in [0.2, 0.25) is 0 Å². The number of aromatic nitrogens is 2. The lowest BCUT2D eigenvalue weighted by atomic mass is 9.68. The molecule has 8 nitrogen and oxygen atoms in total. The molecular formula is C29H38N4O4. The minimum Gasteiger partial charge on any atom is -0.481 e. The highest BCUT2D eigenvalue weighted by atomic mass is 16.4. The number of piperidine rings is 2. The summed E-state index contributed by atoms with van der Waals surface area (Å²) in [5.74, 6) is 0.786. The minimum absolute atomic E-state index is 0.0401. The van der Waals surface area contributed by atoms with E-state index in [4.69, 9.17) is 5.11 Å². The number of nitrogens with zero attached hydrogens (tertiary/aromatic N) is 4. The smallest absolute Gasteiger partial charge is 0.303 e. The SMILES string of the molecule is O=C(O)CC/C(=N\O)c1nc2ccccc2n(C2CC3CCC[C@H](C2)N3C2CC3CCCC(C3)C2)c1=O. The van der Waals surface area contributed by atoms with E-state index in [1.807, 2.05) is 28.8 Å². The van der Waals surface area contributed by atoms with Gasteiger partial charge in [0.05, 0.1) is 17.5 Å². The number of carbonyl (C=O) groups is 1. The van der Waals surface area contributed by atoms with Gasteiger partial charge in [-0.1, -0.05) is 43.0 Å². The number of hydrogen-bond acceptors (Lipinski definition) is 6. The van der Waals surface area contributed by atoms with E-state index in [9.17, 15) is 14.8 Å². The summed E-state index contributed by atoms with van der Waals surface area (Å²) in [6.07, 6.45) is 13.6. The van der Waals surface area contributed by atoms with Gasteiger partial charge in [-0.2, -0.15) is 0 Å². The largest absolute Gasteiger partial charge is 0.481 e. The molecule has 2 aliphatic heterocycles. The van der Waals surface area contributed by atoms with E-state index >= 15 is 0 Å². The van der Waals surface area contributed by atoms with Crippen LogP contribution in [0.1, 0.15) is 95.2 Å².